The molecule has 120 valence electrons. The molecular weight excluding hydrogens is 302 g/mol. The van der Waals surface area contributed by atoms with Gasteiger partial charge in [-0.15, -0.1) is 0 Å². The molecule has 3 rings (SSSR count). The molecule has 0 unspecified atom stereocenters. The monoisotopic (exact) mass is 323 g/mol. The van der Waals surface area contributed by atoms with Crippen molar-refractivity contribution < 1.29 is 5.11 Å². The number of hydrogen-bond acceptors (Lipinski definition) is 4. The van der Waals surface area contributed by atoms with Gasteiger partial charge in [0.15, 0.2) is 0 Å². The third kappa shape index (κ3) is 3.04. The fourth-order valence-electron chi connectivity index (χ4n) is 3.35. The van der Waals surface area contributed by atoms with Gasteiger partial charge < -0.3 is 5.11 Å². The number of hydrogen-bond donors (Lipinski definition) is 1. The molecule has 0 aromatic carbocycles. The summed E-state index contributed by atoms with van der Waals surface area (Å²) in [5, 5.41) is 19.6. The van der Waals surface area contributed by atoms with Crippen molar-refractivity contribution in [2.45, 2.75) is 38.5 Å². The Labute approximate surface area is 135 Å². The van der Waals surface area contributed by atoms with Crippen molar-refractivity contribution in [2.24, 2.45) is 7.05 Å². The Bertz CT molecular complexity index is 624. The molecule has 2 aromatic heterocycles. The third-order valence-corrected chi connectivity index (χ3v) is 4.74. The zero-order valence-corrected chi connectivity index (χ0v) is 13.7. The Kier molecular flexibility index (Phi) is 4.52. The first kappa shape index (κ1) is 15.5. The average molecular weight is 324 g/mol. The van der Waals surface area contributed by atoms with Crippen LogP contribution in [0.15, 0.2) is 18.5 Å². The van der Waals surface area contributed by atoms with Crippen LogP contribution in [0.2, 0.25) is 5.15 Å². The van der Waals surface area contributed by atoms with Gasteiger partial charge in [0.2, 0.25) is 0 Å². The second kappa shape index (κ2) is 6.40. The minimum Gasteiger partial charge on any atom is -0.390 e. The van der Waals surface area contributed by atoms with Gasteiger partial charge in [0, 0.05) is 37.6 Å². The molecule has 1 saturated heterocycles. The van der Waals surface area contributed by atoms with E-state index < -0.39 is 6.10 Å². The van der Waals surface area contributed by atoms with Crippen LogP contribution < -0.4 is 0 Å². The van der Waals surface area contributed by atoms with Gasteiger partial charge in [-0.05, 0) is 32.4 Å². The highest BCUT2D eigenvalue weighted by Crippen LogP contribution is 2.37. The summed E-state index contributed by atoms with van der Waals surface area (Å²) < 4.78 is 3.49. The van der Waals surface area contributed by atoms with Gasteiger partial charge in [-0.3, -0.25) is 14.3 Å². The maximum atomic E-state index is 10.3. The Morgan fingerprint density at radius 1 is 1.45 bits per heavy atom. The zero-order valence-electron chi connectivity index (χ0n) is 13.0. The van der Waals surface area contributed by atoms with Crippen LogP contribution in [-0.4, -0.2) is 48.8 Å². The zero-order chi connectivity index (χ0) is 15.7. The van der Waals surface area contributed by atoms with Crippen LogP contribution >= 0.6 is 11.6 Å². The lowest BCUT2D eigenvalue weighted by Crippen LogP contribution is -2.34. The lowest BCUT2D eigenvalue weighted by Gasteiger charge is -2.27. The van der Waals surface area contributed by atoms with Crippen molar-refractivity contribution in [3.05, 3.63) is 34.9 Å². The van der Waals surface area contributed by atoms with Crippen molar-refractivity contribution in [1.29, 1.82) is 0 Å². The molecule has 2 atom stereocenters. The van der Waals surface area contributed by atoms with E-state index in [1.54, 1.807) is 15.6 Å². The van der Waals surface area contributed by atoms with Crippen molar-refractivity contribution in [2.75, 3.05) is 13.1 Å². The molecule has 0 saturated carbocycles. The predicted molar refractivity (Wildman–Crippen MR) is 84.7 cm³/mol. The summed E-state index contributed by atoms with van der Waals surface area (Å²) >= 11 is 6.41. The Balaban J connectivity index is 1.70. The van der Waals surface area contributed by atoms with Gasteiger partial charge in [-0.25, -0.2) is 0 Å². The predicted octanol–water partition coefficient (Wildman–Crippen LogP) is 1.78. The van der Waals surface area contributed by atoms with Crippen LogP contribution in [-0.2, 0) is 13.6 Å². The average Bonchev–Trinajstić information content (AvgIpc) is 3.15. The summed E-state index contributed by atoms with van der Waals surface area (Å²) in [6.45, 7) is 4.11. The largest absolute Gasteiger partial charge is 0.390 e. The number of halogens is 1. The first-order valence-corrected chi connectivity index (χ1v) is 8.02. The van der Waals surface area contributed by atoms with Gasteiger partial charge in [0.05, 0.1) is 18.3 Å². The van der Waals surface area contributed by atoms with E-state index in [1.165, 1.54) is 0 Å². The molecule has 0 bridgehead atoms. The number of likely N-dealkylation sites (tertiary alicyclic amines) is 1. The molecule has 2 aromatic rings. The molecule has 3 heterocycles. The quantitative estimate of drug-likeness (QED) is 0.911. The fourth-order valence-corrected chi connectivity index (χ4v) is 3.65. The summed E-state index contributed by atoms with van der Waals surface area (Å²) in [6, 6.07) is 2.11. The maximum Gasteiger partial charge on any atom is 0.131 e. The minimum absolute atomic E-state index is 0.244. The van der Waals surface area contributed by atoms with Crippen LogP contribution in [0.4, 0.5) is 0 Å². The van der Waals surface area contributed by atoms with Gasteiger partial charge >= 0.3 is 0 Å². The Morgan fingerprint density at radius 2 is 2.27 bits per heavy atom. The molecule has 7 heteroatoms. The molecule has 1 fully saturated rings. The van der Waals surface area contributed by atoms with E-state index in [4.69, 9.17) is 11.6 Å². The maximum absolute atomic E-state index is 10.3. The van der Waals surface area contributed by atoms with E-state index in [9.17, 15) is 5.11 Å². The SMILES string of the molecule is Cc1nn(C)c(Cl)c1[C@@H]1CCCN1C[C@H](O)Cn1cccn1. The summed E-state index contributed by atoms with van der Waals surface area (Å²) in [5.74, 6) is 0. The highest BCUT2D eigenvalue weighted by molar-refractivity contribution is 6.30. The van der Waals surface area contributed by atoms with Crippen LogP contribution in [0.3, 0.4) is 0 Å². The van der Waals surface area contributed by atoms with E-state index >= 15 is 0 Å². The second-order valence-corrected chi connectivity index (χ2v) is 6.31. The fraction of sp³-hybridized carbons (Fsp3) is 0.600. The van der Waals surface area contributed by atoms with Crippen LogP contribution in [0, 0.1) is 6.92 Å². The standard InChI is InChI=1S/C15H22ClN5O/c1-11-14(15(16)19(2)18-11)13-5-3-7-20(13)9-12(22)10-21-8-4-6-17-21/h4,6,8,12-13,22H,3,5,7,9-10H2,1-2H3/t12-,13-/m0/s1. The third-order valence-electron chi connectivity index (χ3n) is 4.30. The molecule has 0 spiro atoms. The van der Waals surface area contributed by atoms with Gasteiger partial charge in [-0.2, -0.15) is 10.2 Å². The molecule has 1 N–H and O–H groups in total. The van der Waals surface area contributed by atoms with Crippen LogP contribution in [0.5, 0.6) is 0 Å². The van der Waals surface area contributed by atoms with Crippen molar-refractivity contribution in [3.63, 3.8) is 0 Å². The first-order valence-electron chi connectivity index (χ1n) is 7.64. The minimum atomic E-state index is -0.448. The second-order valence-electron chi connectivity index (χ2n) is 5.95. The smallest absolute Gasteiger partial charge is 0.131 e. The van der Waals surface area contributed by atoms with Crippen molar-refractivity contribution >= 4 is 11.6 Å². The number of rotatable bonds is 5. The van der Waals surface area contributed by atoms with Crippen LogP contribution in [0.25, 0.3) is 0 Å². The van der Waals surface area contributed by atoms with Gasteiger partial charge in [0.25, 0.3) is 0 Å². The number of aliphatic hydroxyl groups excluding tert-OH is 1. The molecule has 0 amide bonds. The van der Waals surface area contributed by atoms with Gasteiger partial charge in [-0.1, -0.05) is 11.6 Å². The summed E-state index contributed by atoms with van der Waals surface area (Å²) in [7, 11) is 1.87. The molecule has 1 aliphatic heterocycles. The van der Waals surface area contributed by atoms with Gasteiger partial charge in [0.1, 0.15) is 5.15 Å². The lowest BCUT2D eigenvalue weighted by atomic mass is 10.1. The topological polar surface area (TPSA) is 59.1 Å². The van der Waals surface area contributed by atoms with Crippen molar-refractivity contribution in [1.82, 2.24) is 24.5 Å². The molecule has 0 radical (unpaired) electrons. The van der Waals surface area contributed by atoms with Crippen molar-refractivity contribution in [3.8, 4) is 0 Å². The Morgan fingerprint density at radius 3 is 2.91 bits per heavy atom. The number of aromatic nitrogens is 4. The molecule has 0 aliphatic carbocycles. The Hall–Kier alpha value is -1.37. The highest BCUT2D eigenvalue weighted by atomic mass is 35.5. The van der Waals surface area contributed by atoms with E-state index in [0.717, 1.165) is 30.6 Å². The number of aliphatic hydroxyl groups is 1. The van der Waals surface area contributed by atoms with E-state index in [0.29, 0.717) is 18.2 Å². The number of β-amino-alcohol motifs (C(OH)–C–C–N with tert-alkyl or cyclic N) is 1. The lowest BCUT2D eigenvalue weighted by molar-refractivity contribution is 0.0889. The number of aryl methyl sites for hydroxylation is 2. The van der Waals surface area contributed by atoms with E-state index in [-0.39, 0.29) is 6.04 Å². The first-order chi connectivity index (χ1) is 10.6. The van der Waals surface area contributed by atoms with Crippen LogP contribution in [0.1, 0.15) is 30.1 Å². The summed E-state index contributed by atoms with van der Waals surface area (Å²) in [4.78, 5) is 2.31. The highest BCUT2D eigenvalue weighted by Gasteiger charge is 2.32. The normalized spacial score (nSPS) is 20.6. The summed E-state index contributed by atoms with van der Waals surface area (Å²) in [5.41, 5.74) is 2.08. The molecule has 22 heavy (non-hydrogen) atoms. The molecular formula is C15H22ClN5O. The molecule has 6 nitrogen and oxygen atoms in total. The molecule has 1 aliphatic rings. The van der Waals surface area contributed by atoms with E-state index in [2.05, 4.69) is 15.1 Å². The summed E-state index contributed by atoms with van der Waals surface area (Å²) in [6.07, 6.45) is 5.32. The van der Waals surface area contributed by atoms with E-state index in [1.807, 2.05) is 26.2 Å². The number of nitrogens with zero attached hydrogens (tertiary/aromatic N) is 5.